The summed E-state index contributed by atoms with van der Waals surface area (Å²) in [5, 5.41) is 10.3. The van der Waals surface area contributed by atoms with Crippen molar-refractivity contribution in [3.8, 4) is 0 Å². The fraction of sp³-hybridized carbons (Fsp3) is 0.867. The average molecular weight is 443 g/mol. The summed E-state index contributed by atoms with van der Waals surface area (Å²) < 4.78 is 6.21. The van der Waals surface area contributed by atoms with Crippen LogP contribution in [0.15, 0.2) is 22.8 Å². The van der Waals surface area contributed by atoms with Gasteiger partial charge in [0.25, 0.3) is 0 Å². The van der Waals surface area contributed by atoms with Crippen LogP contribution in [0, 0.1) is 46.3 Å². The molecule has 2 heteroatoms. The van der Waals surface area contributed by atoms with Crippen LogP contribution in [0.1, 0.15) is 99.8 Å². The maximum Gasteiger partial charge on any atom is 0.0792 e. The topological polar surface area (TPSA) is 29.5 Å². The quantitative estimate of drug-likeness (QED) is 0.445. The predicted molar refractivity (Wildman–Crippen MR) is 134 cm³/mol. The fourth-order valence-corrected chi connectivity index (χ4v) is 8.86. The van der Waals surface area contributed by atoms with Gasteiger partial charge < -0.3 is 9.84 Å². The first-order valence-electron chi connectivity index (χ1n) is 13.6. The number of allylic oxidation sites excluding steroid dienone is 2. The minimum atomic E-state index is -0.114. The predicted octanol–water partition coefficient (Wildman–Crippen LogP) is 7.57. The van der Waals surface area contributed by atoms with Crippen molar-refractivity contribution < 1.29 is 9.84 Å². The largest absolute Gasteiger partial charge is 0.393 e. The van der Waals surface area contributed by atoms with E-state index >= 15 is 0 Å². The summed E-state index contributed by atoms with van der Waals surface area (Å²) in [5.74, 6) is 4.48. The zero-order valence-electron chi connectivity index (χ0n) is 22.2. The molecule has 9 atom stereocenters. The molecule has 182 valence electrons. The Labute approximate surface area is 198 Å². The Kier molecular flexibility index (Phi) is 6.80. The van der Waals surface area contributed by atoms with E-state index in [4.69, 9.17) is 4.74 Å². The summed E-state index contributed by atoms with van der Waals surface area (Å²) in [4.78, 5) is 0. The van der Waals surface area contributed by atoms with Crippen LogP contribution >= 0.6 is 0 Å². The third kappa shape index (κ3) is 3.86. The van der Waals surface area contributed by atoms with Gasteiger partial charge in [-0.25, -0.2) is 0 Å². The summed E-state index contributed by atoms with van der Waals surface area (Å²) in [5.41, 5.74) is 5.48. The Morgan fingerprint density at radius 2 is 1.78 bits per heavy atom. The molecule has 0 spiro atoms. The van der Waals surface area contributed by atoms with Crippen molar-refractivity contribution in [3.63, 3.8) is 0 Å². The van der Waals surface area contributed by atoms with Crippen molar-refractivity contribution >= 4 is 0 Å². The van der Waals surface area contributed by atoms with Gasteiger partial charge in [-0.2, -0.15) is 0 Å². The normalized spacial score (nSPS) is 44.9. The molecular formula is C30H50O2. The van der Waals surface area contributed by atoms with Crippen LogP contribution < -0.4 is 0 Å². The Morgan fingerprint density at radius 1 is 1.09 bits per heavy atom. The second kappa shape index (κ2) is 8.88. The van der Waals surface area contributed by atoms with E-state index < -0.39 is 0 Å². The molecule has 0 aliphatic heterocycles. The molecule has 4 aliphatic rings. The van der Waals surface area contributed by atoms with E-state index in [9.17, 15) is 5.11 Å². The molecule has 0 aromatic carbocycles. The highest BCUT2D eigenvalue weighted by Crippen LogP contribution is 2.67. The van der Waals surface area contributed by atoms with E-state index in [1.807, 2.05) is 7.11 Å². The lowest BCUT2D eigenvalue weighted by molar-refractivity contribution is -0.0283. The van der Waals surface area contributed by atoms with Gasteiger partial charge in [0.15, 0.2) is 0 Å². The fourth-order valence-electron chi connectivity index (χ4n) is 8.86. The third-order valence-electron chi connectivity index (χ3n) is 11.2. The van der Waals surface area contributed by atoms with Gasteiger partial charge in [0.2, 0.25) is 0 Å². The number of aliphatic hydroxyl groups excluding tert-OH is 1. The van der Waals surface area contributed by atoms with Crippen molar-refractivity contribution in [2.24, 2.45) is 46.3 Å². The molecule has 0 aromatic heterocycles. The first kappa shape index (κ1) is 24.5. The average Bonchev–Trinajstić information content (AvgIpc) is 3.06. The molecule has 0 bridgehead atoms. The Hall–Kier alpha value is -0.600. The number of ether oxygens (including phenoxy) is 1. The highest BCUT2D eigenvalue weighted by atomic mass is 16.5. The zero-order chi connectivity index (χ0) is 23.4. The standard InChI is InChI=1S/C30H50O2/c1-18(2)21(5)19(3)15-20(4)28-27(32-8)17-26-24-10-9-22-16-23(31)11-13-29(22,6)25(24)12-14-30(26,28)7/h9,18-19,21,23-27,31H,10-17H2,1-8H3/b28-20+/t19-,21-,23+,24-,25+,26+,27+,29+,30+/m1/s1. The highest BCUT2D eigenvalue weighted by Gasteiger charge is 2.59. The lowest BCUT2D eigenvalue weighted by Gasteiger charge is -2.57. The molecule has 4 rings (SSSR count). The molecule has 0 aromatic rings. The summed E-state index contributed by atoms with van der Waals surface area (Å²) >= 11 is 0. The van der Waals surface area contributed by atoms with Crippen LogP contribution in [-0.2, 0) is 4.74 Å². The second-order valence-electron chi connectivity index (χ2n) is 13.1. The van der Waals surface area contributed by atoms with Gasteiger partial charge in [-0.1, -0.05) is 58.8 Å². The van der Waals surface area contributed by atoms with Gasteiger partial charge in [0.1, 0.15) is 0 Å². The van der Waals surface area contributed by atoms with E-state index in [-0.39, 0.29) is 6.10 Å². The molecule has 0 saturated heterocycles. The van der Waals surface area contributed by atoms with Crippen molar-refractivity contribution in [1.29, 1.82) is 0 Å². The first-order chi connectivity index (χ1) is 15.0. The van der Waals surface area contributed by atoms with E-state index in [1.165, 1.54) is 38.5 Å². The summed E-state index contributed by atoms with van der Waals surface area (Å²) in [7, 11) is 1.94. The lowest BCUT2D eigenvalue weighted by Crippen LogP contribution is -2.49. The van der Waals surface area contributed by atoms with Crippen LogP contribution in [0.5, 0.6) is 0 Å². The zero-order valence-corrected chi connectivity index (χ0v) is 22.2. The Morgan fingerprint density at radius 3 is 2.44 bits per heavy atom. The van der Waals surface area contributed by atoms with Gasteiger partial charge >= 0.3 is 0 Å². The lowest BCUT2D eigenvalue weighted by atomic mass is 9.47. The summed E-state index contributed by atoms with van der Waals surface area (Å²) in [6.45, 7) is 17.2. The first-order valence-corrected chi connectivity index (χ1v) is 13.6. The molecule has 3 saturated carbocycles. The Balaban J connectivity index is 1.64. The molecule has 0 heterocycles. The van der Waals surface area contributed by atoms with Crippen molar-refractivity contribution in [3.05, 3.63) is 22.8 Å². The third-order valence-corrected chi connectivity index (χ3v) is 11.2. The van der Waals surface area contributed by atoms with Gasteiger partial charge in [0.05, 0.1) is 12.2 Å². The van der Waals surface area contributed by atoms with Gasteiger partial charge in [0, 0.05) is 7.11 Å². The van der Waals surface area contributed by atoms with Crippen molar-refractivity contribution in [2.45, 2.75) is 112 Å². The summed E-state index contributed by atoms with van der Waals surface area (Å²) in [6, 6.07) is 0. The molecule has 0 amide bonds. The van der Waals surface area contributed by atoms with E-state index in [1.54, 1.807) is 16.7 Å². The van der Waals surface area contributed by atoms with Crippen LogP contribution in [-0.4, -0.2) is 24.4 Å². The van der Waals surface area contributed by atoms with Crippen molar-refractivity contribution in [2.75, 3.05) is 7.11 Å². The number of fused-ring (bicyclic) bond motifs is 5. The smallest absolute Gasteiger partial charge is 0.0792 e. The molecule has 32 heavy (non-hydrogen) atoms. The van der Waals surface area contributed by atoms with Crippen LogP contribution in [0.25, 0.3) is 0 Å². The van der Waals surface area contributed by atoms with Gasteiger partial charge in [-0.15, -0.1) is 0 Å². The second-order valence-corrected chi connectivity index (χ2v) is 13.1. The monoisotopic (exact) mass is 442 g/mol. The van der Waals surface area contributed by atoms with Gasteiger partial charge in [-0.3, -0.25) is 0 Å². The Bertz CT molecular complexity index is 763. The van der Waals surface area contributed by atoms with Gasteiger partial charge in [-0.05, 0) is 110 Å². The highest BCUT2D eigenvalue weighted by molar-refractivity contribution is 5.34. The molecule has 0 unspecified atom stereocenters. The van der Waals surface area contributed by atoms with Crippen LogP contribution in [0.3, 0.4) is 0 Å². The number of rotatable bonds is 5. The maximum absolute atomic E-state index is 10.3. The molecule has 3 fully saturated rings. The maximum atomic E-state index is 10.3. The SMILES string of the molecule is CO[C@H]1C[C@H]2[C@@H]3CC=C4C[C@@H](O)CC[C@]4(C)[C@H]3CC[C@]2(C)/C1=C(\C)C[C@@H](C)[C@H](C)C(C)C. The summed E-state index contributed by atoms with van der Waals surface area (Å²) in [6.07, 6.45) is 12.1. The van der Waals surface area contributed by atoms with E-state index in [2.05, 4.69) is 54.5 Å². The van der Waals surface area contributed by atoms with Crippen LogP contribution in [0.2, 0.25) is 0 Å². The number of hydrogen-bond donors (Lipinski definition) is 1. The minimum absolute atomic E-state index is 0.114. The van der Waals surface area contributed by atoms with E-state index in [0.717, 1.165) is 42.4 Å². The van der Waals surface area contributed by atoms with Crippen LogP contribution in [0.4, 0.5) is 0 Å². The molecular weight excluding hydrogens is 392 g/mol. The molecule has 1 N–H and O–H groups in total. The molecule has 0 radical (unpaired) electrons. The van der Waals surface area contributed by atoms with E-state index in [0.29, 0.717) is 22.9 Å². The molecule has 2 nitrogen and oxygen atoms in total. The number of hydrogen-bond acceptors (Lipinski definition) is 2. The minimum Gasteiger partial charge on any atom is -0.393 e. The molecule has 4 aliphatic carbocycles. The number of aliphatic hydroxyl groups is 1. The van der Waals surface area contributed by atoms with Crippen molar-refractivity contribution in [1.82, 2.24) is 0 Å². The number of methoxy groups -OCH3 is 1.